The average Bonchev–Trinajstić information content (AvgIpc) is 1.57. The fourth-order valence-corrected chi connectivity index (χ4v) is 15.6. The molecule has 0 aliphatic carbocycles. The Morgan fingerprint density at radius 3 is 1.52 bits per heavy atom. The van der Waals surface area contributed by atoms with Crippen molar-refractivity contribution in [3.63, 3.8) is 0 Å². The van der Waals surface area contributed by atoms with Crippen LogP contribution in [0.5, 0.6) is 17.2 Å². The number of hydrogen-bond acceptors (Lipinski definition) is 10. The lowest BCUT2D eigenvalue weighted by atomic mass is 9.86. The minimum atomic E-state index is -0.697. The monoisotopic (exact) mass is 1720 g/mol. The molecule has 0 fully saturated rings. The second-order valence-corrected chi connectivity index (χ2v) is 35.8. The van der Waals surface area contributed by atoms with Gasteiger partial charge in [0.05, 0.1) is 12.7 Å². The third-order valence-electron chi connectivity index (χ3n) is 21.8. The zero-order valence-electron chi connectivity index (χ0n) is 74.8. The maximum absolute atomic E-state index is 12.8. The Morgan fingerprint density at radius 1 is 0.475 bits per heavy atom. The van der Waals surface area contributed by atoms with Gasteiger partial charge in [-0.3, -0.25) is 28.8 Å². The molecule has 0 radical (unpaired) electrons. The van der Waals surface area contributed by atoms with Gasteiger partial charge in [-0.25, -0.2) is 4.79 Å². The van der Waals surface area contributed by atoms with Gasteiger partial charge in [0.2, 0.25) is 0 Å². The number of esters is 1. The van der Waals surface area contributed by atoms with Crippen LogP contribution in [-0.2, 0) is 46.6 Å². The molecular weight excluding hydrogens is 1600 g/mol. The first-order chi connectivity index (χ1) is 57.8. The molecule has 2 heterocycles. The SMILES string of the molecule is CC(C)C(=O)Cc1c(-c2ccc(Cl)cc2)c(-c2ccccc2)c2n1CC(C)(C)C2.CC(C)C(=O)c1ccccc1OC(=O)c1ccccc1O.CCCC(CCC)C(=O)C(C)C.COc1ccc2cc([C@H](C)C(=O)C(C)C)ccc2c1.Cc1c(Cl)cccc1Cc1ccccc1C(=O)C(C)C.Cc1ccc(Cl)c(Cc2ccccc2C(=O)C(C)C)c1Cl. The van der Waals surface area contributed by atoms with E-state index in [1.165, 1.54) is 40.1 Å². The van der Waals surface area contributed by atoms with E-state index >= 15 is 0 Å². The smallest absolute Gasteiger partial charge is 0.347 e. The summed E-state index contributed by atoms with van der Waals surface area (Å²) < 4.78 is 12.9. The van der Waals surface area contributed by atoms with E-state index in [4.69, 9.17) is 55.9 Å². The van der Waals surface area contributed by atoms with Gasteiger partial charge in [-0.05, 0) is 166 Å². The first-order valence-corrected chi connectivity index (χ1v) is 44.1. The quantitative estimate of drug-likeness (QED) is 0.0298. The van der Waals surface area contributed by atoms with E-state index in [1.54, 1.807) is 57.4 Å². The van der Waals surface area contributed by atoms with Gasteiger partial charge in [0.15, 0.2) is 17.3 Å². The number of para-hydroxylation sites is 2. The van der Waals surface area contributed by atoms with Crippen LogP contribution in [0, 0.1) is 60.7 Å². The number of phenols is 1. The lowest BCUT2D eigenvalue weighted by Gasteiger charge is -2.19. The highest BCUT2D eigenvalue weighted by Gasteiger charge is 2.37. The minimum Gasteiger partial charge on any atom is -0.507 e. The van der Waals surface area contributed by atoms with E-state index in [0.717, 1.165) is 127 Å². The highest BCUT2D eigenvalue weighted by Crippen LogP contribution is 2.48. The number of benzene rings is 10. The van der Waals surface area contributed by atoms with Crippen molar-refractivity contribution in [2.24, 2.45) is 46.8 Å². The number of nitrogens with zero attached hydrogens (tertiary/aromatic N) is 1. The molecule has 1 N–H and O–H groups in total. The van der Waals surface area contributed by atoms with Gasteiger partial charge < -0.3 is 19.1 Å². The number of phenolic OH excluding ortho intramolecular Hbond substituents is 1. The molecule has 1 aliphatic heterocycles. The van der Waals surface area contributed by atoms with Crippen molar-refractivity contribution in [1.82, 2.24) is 4.57 Å². The maximum Gasteiger partial charge on any atom is 0.347 e. The molecule has 0 saturated heterocycles. The van der Waals surface area contributed by atoms with Crippen LogP contribution in [0.25, 0.3) is 33.0 Å². The molecule has 0 unspecified atom stereocenters. The van der Waals surface area contributed by atoms with Crippen LogP contribution in [0.15, 0.2) is 218 Å². The number of aromatic nitrogens is 1. The Bertz CT molecular complexity index is 5390. The number of methoxy groups -OCH3 is 1. The Hall–Kier alpha value is -10.0. The van der Waals surface area contributed by atoms with Crippen LogP contribution in [0.2, 0.25) is 20.1 Å². The number of ketones is 6. The molecule has 12 rings (SSSR count). The summed E-state index contributed by atoms with van der Waals surface area (Å²) >= 11 is 25.0. The van der Waals surface area contributed by atoms with Gasteiger partial charge in [0.1, 0.15) is 40.2 Å². The highest BCUT2D eigenvalue weighted by molar-refractivity contribution is 6.36. The molecule has 644 valence electrons. The number of Topliss-reactive ketones (excluding diaryl/α,β-unsaturated/α-hetero) is 6. The Labute approximate surface area is 745 Å². The van der Waals surface area contributed by atoms with E-state index in [9.17, 15) is 38.7 Å². The van der Waals surface area contributed by atoms with Gasteiger partial charge in [-0.15, -0.1) is 0 Å². The number of carbonyl (C=O) groups excluding carboxylic acids is 7. The fourth-order valence-electron chi connectivity index (χ4n) is 14.8. The summed E-state index contributed by atoms with van der Waals surface area (Å²) in [4.78, 5) is 85.3. The van der Waals surface area contributed by atoms with E-state index in [2.05, 4.69) is 92.9 Å². The zero-order valence-corrected chi connectivity index (χ0v) is 77.9. The van der Waals surface area contributed by atoms with E-state index in [1.807, 2.05) is 199 Å². The predicted molar refractivity (Wildman–Crippen MR) is 506 cm³/mol. The molecule has 1 aromatic heterocycles. The molecule has 11 nitrogen and oxygen atoms in total. The molecule has 1 aliphatic rings. The Kier molecular flexibility index (Phi) is 38.2. The van der Waals surface area contributed by atoms with Gasteiger partial charge in [-0.2, -0.15) is 0 Å². The number of ether oxygens (including phenoxy) is 2. The predicted octanol–water partition coefficient (Wildman–Crippen LogP) is 28.7. The Morgan fingerprint density at radius 2 is 0.975 bits per heavy atom. The molecule has 1 atom stereocenters. The van der Waals surface area contributed by atoms with Gasteiger partial charge in [-0.1, -0.05) is 335 Å². The molecule has 15 heteroatoms. The van der Waals surface area contributed by atoms with Crippen molar-refractivity contribution in [2.75, 3.05) is 7.11 Å². The minimum absolute atomic E-state index is 0.0107. The molecule has 0 spiro atoms. The average molecular weight is 1720 g/mol. The molecular formula is C107H123Cl4NO10. The maximum atomic E-state index is 12.8. The lowest BCUT2D eigenvalue weighted by Crippen LogP contribution is -2.19. The van der Waals surface area contributed by atoms with Gasteiger partial charge >= 0.3 is 5.97 Å². The van der Waals surface area contributed by atoms with Crippen LogP contribution in [-0.4, -0.2) is 57.5 Å². The van der Waals surface area contributed by atoms with Crippen LogP contribution >= 0.6 is 46.4 Å². The van der Waals surface area contributed by atoms with E-state index < -0.39 is 5.97 Å². The van der Waals surface area contributed by atoms with Crippen molar-refractivity contribution in [2.45, 2.75) is 195 Å². The summed E-state index contributed by atoms with van der Waals surface area (Å²) in [7, 11) is 1.67. The first-order valence-electron chi connectivity index (χ1n) is 42.6. The number of fused-ring (bicyclic) bond motifs is 2. The summed E-state index contributed by atoms with van der Waals surface area (Å²) in [6.45, 7) is 38.9. The molecule has 11 aromatic rings. The largest absolute Gasteiger partial charge is 0.507 e. The summed E-state index contributed by atoms with van der Waals surface area (Å²) in [6.07, 6.45) is 7.18. The second-order valence-electron chi connectivity index (χ2n) is 34.1. The van der Waals surface area contributed by atoms with Crippen molar-refractivity contribution in [3.05, 3.63) is 311 Å². The van der Waals surface area contributed by atoms with Crippen LogP contribution in [0.1, 0.15) is 241 Å². The summed E-state index contributed by atoms with van der Waals surface area (Å²) in [5.74, 6) is 1.83. The fraction of sp³-hybridized carbons (Fsp3) is 0.355. The number of aromatic hydroxyl groups is 1. The van der Waals surface area contributed by atoms with Crippen molar-refractivity contribution < 1.29 is 48.1 Å². The standard InChI is InChI=1S/C26H28ClNO.C18H18Cl2O.C18H19ClO.C17H16O4.C17H20O2.C11H22O/c1-17(2)23(29)14-21-24(19-10-12-20(27)13-11-19)25(18-8-6-5-7-9-18)22-15-26(3,4)16-28(21)22;1-11(2)18(21)14-7-5-4-6-13(14)10-15-16(19)9-8-12(3)17(15)20;1-12(2)18(20)16-9-5-4-7-15(16)11-14-8-6-10-17(19)13(14)3;1-11(2)16(19)13-8-4-6-10-15(13)21-17(20)12-7-3-5-9-14(12)18;1-11(2)17(18)12(3)13-5-6-15-10-16(19-4)8-7-14(15)9-13;1-5-7-10(8-6-2)11(12)9(3)4/h5-13,17H,14-16H2,1-4H3;4-9,11H,10H2,1-3H3;4-10,12H,11H2,1-3H3;3-11,18H,1-2H3;5-12H,1-4H3;9-10H,5-8H2,1-4H3/t;;;;12-;/m....0./s1. The number of hydrogen-bond donors (Lipinski definition) is 1. The lowest BCUT2D eigenvalue weighted by molar-refractivity contribution is -0.126. The molecule has 122 heavy (non-hydrogen) atoms. The first kappa shape index (κ1) is 99.1. The third kappa shape index (κ3) is 27.2. The molecule has 0 bridgehead atoms. The molecule has 0 amide bonds. The molecule has 0 saturated carbocycles. The topological polar surface area (TPSA) is 163 Å². The second kappa shape index (κ2) is 47.0. The number of aryl methyl sites for hydroxylation is 1. The normalized spacial score (nSPS) is 12.1. The summed E-state index contributed by atoms with van der Waals surface area (Å²) in [5.41, 5.74) is 16.7. The highest BCUT2D eigenvalue weighted by atomic mass is 35.5. The van der Waals surface area contributed by atoms with E-state index in [-0.39, 0.29) is 92.8 Å². The number of carbonyl (C=O) groups is 7. The van der Waals surface area contributed by atoms with Crippen molar-refractivity contribution >= 4 is 97.8 Å². The Balaban J connectivity index is 0.000000205. The van der Waals surface area contributed by atoms with Crippen LogP contribution < -0.4 is 9.47 Å². The summed E-state index contributed by atoms with van der Waals surface area (Å²) in [6, 6.07) is 68.6. The van der Waals surface area contributed by atoms with E-state index in [0.29, 0.717) is 40.2 Å². The van der Waals surface area contributed by atoms with Crippen molar-refractivity contribution in [3.8, 4) is 39.5 Å². The molecule has 10 aromatic carbocycles. The summed E-state index contributed by atoms with van der Waals surface area (Å²) in [5, 5.41) is 14.7. The van der Waals surface area contributed by atoms with Gasteiger partial charge in [0.25, 0.3) is 0 Å². The zero-order chi connectivity index (χ0) is 90.0. The van der Waals surface area contributed by atoms with Crippen LogP contribution in [0.4, 0.5) is 0 Å². The van der Waals surface area contributed by atoms with Crippen molar-refractivity contribution in [1.29, 1.82) is 0 Å². The number of rotatable bonds is 27. The van der Waals surface area contributed by atoms with Gasteiger partial charge in [0, 0.05) is 120 Å². The third-order valence-corrected chi connectivity index (χ3v) is 23.4. The van der Waals surface area contributed by atoms with Crippen LogP contribution in [0.3, 0.4) is 0 Å². The number of halogens is 4.